The zero-order chi connectivity index (χ0) is 12.8. The van der Waals surface area contributed by atoms with Gasteiger partial charge in [-0.1, -0.05) is 12.2 Å². The molecule has 0 aliphatic rings. The van der Waals surface area contributed by atoms with Gasteiger partial charge in [0.05, 0.1) is 17.9 Å². The predicted octanol–water partition coefficient (Wildman–Crippen LogP) is 2.96. The molecule has 0 bridgehead atoms. The van der Waals surface area contributed by atoms with E-state index in [2.05, 4.69) is 32.4 Å². The van der Waals surface area contributed by atoms with E-state index in [9.17, 15) is 4.79 Å². The standard InChI is InChI=1S/C12H18BrN3O/c1-4-5-6-7-14-10-8-15-16(9(2)3)12(17)11(10)13/h4-5,8-9,14H,6-7H2,1-3H3/b5-4+. The van der Waals surface area contributed by atoms with Gasteiger partial charge < -0.3 is 5.32 Å². The molecular weight excluding hydrogens is 282 g/mol. The van der Waals surface area contributed by atoms with Crippen molar-refractivity contribution in [3.63, 3.8) is 0 Å². The lowest BCUT2D eigenvalue weighted by molar-refractivity contribution is 0.501. The monoisotopic (exact) mass is 299 g/mol. The van der Waals surface area contributed by atoms with Crippen LogP contribution in [0.2, 0.25) is 0 Å². The van der Waals surface area contributed by atoms with Crippen molar-refractivity contribution >= 4 is 21.6 Å². The van der Waals surface area contributed by atoms with Crippen LogP contribution in [0.3, 0.4) is 0 Å². The highest BCUT2D eigenvalue weighted by atomic mass is 79.9. The summed E-state index contributed by atoms with van der Waals surface area (Å²) in [5.74, 6) is 0. The third-order valence-electron chi connectivity index (χ3n) is 2.29. The molecule has 0 fully saturated rings. The molecule has 94 valence electrons. The van der Waals surface area contributed by atoms with Gasteiger partial charge in [-0.3, -0.25) is 4.79 Å². The number of hydrogen-bond donors (Lipinski definition) is 1. The van der Waals surface area contributed by atoms with Crippen molar-refractivity contribution in [1.82, 2.24) is 9.78 Å². The number of aromatic nitrogens is 2. The van der Waals surface area contributed by atoms with E-state index in [0.717, 1.165) is 18.7 Å². The summed E-state index contributed by atoms with van der Waals surface area (Å²) in [4.78, 5) is 11.9. The molecule has 0 amide bonds. The lowest BCUT2D eigenvalue weighted by Gasteiger charge is -2.11. The first-order valence-corrected chi connectivity index (χ1v) is 6.49. The quantitative estimate of drug-likeness (QED) is 0.672. The number of rotatable bonds is 5. The van der Waals surface area contributed by atoms with Crippen LogP contribution >= 0.6 is 15.9 Å². The highest BCUT2D eigenvalue weighted by Crippen LogP contribution is 2.16. The van der Waals surface area contributed by atoms with Crippen molar-refractivity contribution in [2.45, 2.75) is 33.2 Å². The molecule has 0 atom stereocenters. The fraction of sp³-hybridized carbons (Fsp3) is 0.500. The van der Waals surface area contributed by atoms with Gasteiger partial charge in [-0.25, -0.2) is 4.68 Å². The van der Waals surface area contributed by atoms with Crippen LogP contribution in [-0.2, 0) is 0 Å². The Morgan fingerprint density at radius 3 is 2.88 bits per heavy atom. The average Bonchev–Trinajstić information content (AvgIpc) is 2.29. The van der Waals surface area contributed by atoms with Crippen LogP contribution in [0.1, 0.15) is 33.2 Å². The van der Waals surface area contributed by atoms with E-state index in [-0.39, 0.29) is 11.6 Å². The van der Waals surface area contributed by atoms with Crippen LogP contribution in [-0.4, -0.2) is 16.3 Å². The van der Waals surface area contributed by atoms with E-state index in [0.29, 0.717) is 4.47 Å². The second-order valence-corrected chi connectivity index (χ2v) is 4.79. The summed E-state index contributed by atoms with van der Waals surface area (Å²) in [5, 5.41) is 7.31. The van der Waals surface area contributed by atoms with Crippen molar-refractivity contribution in [3.05, 3.63) is 33.2 Å². The molecule has 0 saturated carbocycles. The van der Waals surface area contributed by atoms with Gasteiger partial charge in [-0.2, -0.15) is 5.10 Å². The van der Waals surface area contributed by atoms with Gasteiger partial charge in [0.1, 0.15) is 4.47 Å². The van der Waals surface area contributed by atoms with Crippen molar-refractivity contribution in [1.29, 1.82) is 0 Å². The molecule has 0 spiro atoms. The molecule has 1 aromatic rings. The molecule has 1 rings (SSSR count). The van der Waals surface area contributed by atoms with Crippen LogP contribution in [0, 0.1) is 0 Å². The highest BCUT2D eigenvalue weighted by molar-refractivity contribution is 9.10. The van der Waals surface area contributed by atoms with Crippen LogP contribution in [0.15, 0.2) is 27.6 Å². The molecule has 4 nitrogen and oxygen atoms in total. The molecule has 0 aromatic carbocycles. The zero-order valence-electron chi connectivity index (χ0n) is 10.4. The summed E-state index contributed by atoms with van der Waals surface area (Å²) in [5.41, 5.74) is 0.646. The number of anilines is 1. The molecule has 0 saturated heterocycles. The minimum atomic E-state index is -0.101. The van der Waals surface area contributed by atoms with Gasteiger partial charge in [0.2, 0.25) is 0 Å². The van der Waals surface area contributed by atoms with Crippen LogP contribution in [0.4, 0.5) is 5.69 Å². The van der Waals surface area contributed by atoms with Crippen LogP contribution in [0.5, 0.6) is 0 Å². The third-order valence-corrected chi connectivity index (χ3v) is 3.06. The fourth-order valence-electron chi connectivity index (χ4n) is 1.39. The van der Waals surface area contributed by atoms with E-state index in [4.69, 9.17) is 0 Å². The van der Waals surface area contributed by atoms with Crippen molar-refractivity contribution in [2.24, 2.45) is 0 Å². The maximum absolute atomic E-state index is 11.9. The maximum Gasteiger partial charge on any atom is 0.283 e. The molecule has 1 heterocycles. The second kappa shape index (κ2) is 6.59. The molecule has 17 heavy (non-hydrogen) atoms. The van der Waals surface area contributed by atoms with Crippen LogP contribution < -0.4 is 10.9 Å². The van der Waals surface area contributed by atoms with Gasteiger partial charge in [-0.05, 0) is 43.1 Å². The molecule has 1 N–H and O–H groups in total. The highest BCUT2D eigenvalue weighted by Gasteiger charge is 2.09. The Labute approximate surface area is 110 Å². The van der Waals surface area contributed by atoms with Crippen LogP contribution in [0.25, 0.3) is 0 Å². The summed E-state index contributed by atoms with van der Waals surface area (Å²) in [6.07, 6.45) is 6.69. The Hall–Kier alpha value is -1.10. The lowest BCUT2D eigenvalue weighted by atomic mass is 10.3. The van der Waals surface area contributed by atoms with E-state index in [1.165, 1.54) is 4.68 Å². The first-order chi connectivity index (χ1) is 8.07. The van der Waals surface area contributed by atoms with E-state index in [1.54, 1.807) is 6.20 Å². The number of nitrogens with one attached hydrogen (secondary N) is 1. The van der Waals surface area contributed by atoms with Crippen molar-refractivity contribution in [2.75, 3.05) is 11.9 Å². The molecule has 0 aliphatic carbocycles. The van der Waals surface area contributed by atoms with Gasteiger partial charge in [0.15, 0.2) is 0 Å². The first kappa shape index (κ1) is 14.0. The minimum absolute atomic E-state index is 0.0656. The van der Waals surface area contributed by atoms with Crippen molar-refractivity contribution < 1.29 is 0 Å². The van der Waals surface area contributed by atoms with E-state index >= 15 is 0 Å². The largest absolute Gasteiger partial charge is 0.382 e. The fourth-order valence-corrected chi connectivity index (χ4v) is 1.82. The first-order valence-electron chi connectivity index (χ1n) is 5.70. The molecule has 0 unspecified atom stereocenters. The number of halogens is 1. The molecule has 0 radical (unpaired) electrons. The lowest BCUT2D eigenvalue weighted by Crippen LogP contribution is -2.26. The summed E-state index contributed by atoms with van der Waals surface area (Å²) in [6.45, 7) is 6.64. The summed E-state index contributed by atoms with van der Waals surface area (Å²) < 4.78 is 2.00. The smallest absolute Gasteiger partial charge is 0.283 e. The molecule has 1 aromatic heterocycles. The number of hydrogen-bond acceptors (Lipinski definition) is 3. The SMILES string of the molecule is C/C=C/CCNc1cnn(C(C)C)c(=O)c1Br. The Morgan fingerprint density at radius 1 is 1.59 bits per heavy atom. The van der Waals surface area contributed by atoms with E-state index < -0.39 is 0 Å². The Morgan fingerprint density at radius 2 is 2.29 bits per heavy atom. The van der Waals surface area contributed by atoms with Gasteiger partial charge in [-0.15, -0.1) is 0 Å². The summed E-state index contributed by atoms with van der Waals surface area (Å²) in [7, 11) is 0. The summed E-state index contributed by atoms with van der Waals surface area (Å²) >= 11 is 3.31. The summed E-state index contributed by atoms with van der Waals surface area (Å²) in [6, 6.07) is 0.0656. The Balaban J connectivity index is 2.82. The maximum atomic E-state index is 11.9. The number of allylic oxidation sites excluding steroid dienone is 1. The third kappa shape index (κ3) is 3.70. The zero-order valence-corrected chi connectivity index (χ0v) is 12.0. The van der Waals surface area contributed by atoms with Crippen molar-refractivity contribution in [3.8, 4) is 0 Å². The molecule has 0 aliphatic heterocycles. The second-order valence-electron chi connectivity index (χ2n) is 4.00. The minimum Gasteiger partial charge on any atom is -0.382 e. The van der Waals surface area contributed by atoms with Gasteiger partial charge in [0.25, 0.3) is 5.56 Å². The molecule has 5 heteroatoms. The normalized spacial score (nSPS) is 11.4. The average molecular weight is 300 g/mol. The van der Waals surface area contributed by atoms with Gasteiger partial charge >= 0.3 is 0 Å². The number of nitrogens with zero attached hydrogens (tertiary/aromatic N) is 2. The van der Waals surface area contributed by atoms with Gasteiger partial charge in [0, 0.05) is 6.54 Å². The topological polar surface area (TPSA) is 46.9 Å². The predicted molar refractivity (Wildman–Crippen MR) is 74.5 cm³/mol. The molecular formula is C12H18BrN3O. The Kier molecular flexibility index (Phi) is 5.41. The van der Waals surface area contributed by atoms with E-state index in [1.807, 2.05) is 26.8 Å². The Bertz CT molecular complexity index is 452.